The van der Waals surface area contributed by atoms with E-state index in [4.69, 9.17) is 5.11 Å². The topological polar surface area (TPSA) is 72.9 Å². The zero-order chi connectivity index (χ0) is 14.6. The van der Waals surface area contributed by atoms with E-state index in [0.717, 1.165) is 25.9 Å². The van der Waals surface area contributed by atoms with Gasteiger partial charge in [-0.05, 0) is 40.8 Å². The van der Waals surface area contributed by atoms with E-state index < -0.39 is 11.9 Å². The van der Waals surface area contributed by atoms with E-state index in [1.165, 1.54) is 0 Å². The standard InChI is InChI=1S/C13H25N3O3/c1-9(12(17)18)10(2)14-13(19)16-7-5-6-11(16)8-15(3)4/h9-11H,5-8H2,1-4H3,(H,14,19)(H,17,18). The van der Waals surface area contributed by atoms with Crippen molar-refractivity contribution in [3.63, 3.8) is 0 Å². The lowest BCUT2D eigenvalue weighted by Crippen LogP contribution is -2.50. The van der Waals surface area contributed by atoms with Crippen molar-refractivity contribution in [1.82, 2.24) is 15.1 Å². The number of hydrogen-bond acceptors (Lipinski definition) is 3. The van der Waals surface area contributed by atoms with Crippen LogP contribution in [-0.2, 0) is 4.79 Å². The van der Waals surface area contributed by atoms with Crippen LogP contribution in [0.1, 0.15) is 26.7 Å². The highest BCUT2D eigenvalue weighted by atomic mass is 16.4. The number of carboxylic acid groups (broad SMARTS) is 1. The molecule has 1 fully saturated rings. The van der Waals surface area contributed by atoms with Gasteiger partial charge in [0.15, 0.2) is 0 Å². The van der Waals surface area contributed by atoms with Crippen LogP contribution >= 0.6 is 0 Å². The predicted octanol–water partition coefficient (Wildman–Crippen LogP) is 0.831. The summed E-state index contributed by atoms with van der Waals surface area (Å²) in [6.07, 6.45) is 2.02. The Labute approximate surface area is 114 Å². The number of nitrogens with one attached hydrogen (secondary N) is 1. The van der Waals surface area contributed by atoms with Crippen LogP contribution in [-0.4, -0.2) is 66.2 Å². The highest BCUT2D eigenvalue weighted by molar-refractivity contribution is 5.77. The minimum absolute atomic E-state index is 0.148. The fourth-order valence-electron chi connectivity index (χ4n) is 2.33. The fraction of sp³-hybridized carbons (Fsp3) is 0.846. The number of hydrogen-bond donors (Lipinski definition) is 2. The molecule has 110 valence electrons. The molecular formula is C13H25N3O3. The van der Waals surface area contributed by atoms with Crippen LogP contribution in [0.2, 0.25) is 0 Å². The molecule has 0 bridgehead atoms. The Balaban J connectivity index is 2.54. The van der Waals surface area contributed by atoms with Gasteiger partial charge in [-0.2, -0.15) is 0 Å². The number of carboxylic acids is 1. The molecule has 1 saturated heterocycles. The van der Waals surface area contributed by atoms with E-state index in [2.05, 4.69) is 10.2 Å². The molecule has 1 rings (SSSR count). The first-order valence-electron chi connectivity index (χ1n) is 6.77. The van der Waals surface area contributed by atoms with Gasteiger partial charge < -0.3 is 20.2 Å². The average Bonchev–Trinajstić information content (AvgIpc) is 2.74. The molecule has 6 nitrogen and oxygen atoms in total. The normalized spacial score (nSPS) is 22.4. The second-order valence-electron chi connectivity index (χ2n) is 5.62. The van der Waals surface area contributed by atoms with E-state index >= 15 is 0 Å². The van der Waals surface area contributed by atoms with Crippen LogP contribution in [0.15, 0.2) is 0 Å². The van der Waals surface area contributed by atoms with Crippen molar-refractivity contribution in [2.45, 2.75) is 38.8 Å². The van der Waals surface area contributed by atoms with E-state index in [0.29, 0.717) is 0 Å². The predicted molar refractivity (Wildman–Crippen MR) is 73.1 cm³/mol. The zero-order valence-corrected chi connectivity index (χ0v) is 12.2. The number of carbonyl (C=O) groups excluding carboxylic acids is 1. The maximum atomic E-state index is 12.2. The summed E-state index contributed by atoms with van der Waals surface area (Å²) in [5.74, 6) is -1.47. The van der Waals surface area contributed by atoms with Gasteiger partial charge in [-0.3, -0.25) is 4.79 Å². The van der Waals surface area contributed by atoms with Gasteiger partial charge in [-0.1, -0.05) is 0 Å². The van der Waals surface area contributed by atoms with E-state index in [1.807, 2.05) is 19.0 Å². The summed E-state index contributed by atoms with van der Waals surface area (Å²) in [4.78, 5) is 27.0. The van der Waals surface area contributed by atoms with Crippen molar-refractivity contribution in [2.75, 3.05) is 27.2 Å². The fourth-order valence-corrected chi connectivity index (χ4v) is 2.33. The van der Waals surface area contributed by atoms with Crippen molar-refractivity contribution in [3.8, 4) is 0 Å². The van der Waals surface area contributed by atoms with Gasteiger partial charge in [0.1, 0.15) is 0 Å². The monoisotopic (exact) mass is 271 g/mol. The van der Waals surface area contributed by atoms with E-state index in [1.54, 1.807) is 13.8 Å². The Bertz CT molecular complexity index is 333. The third kappa shape index (κ3) is 4.38. The lowest BCUT2D eigenvalue weighted by Gasteiger charge is -2.29. The SMILES string of the molecule is CC(NC(=O)N1CCCC1CN(C)C)C(C)C(=O)O. The first-order chi connectivity index (χ1) is 8.82. The Morgan fingerprint density at radius 3 is 2.58 bits per heavy atom. The molecule has 1 aliphatic heterocycles. The molecule has 3 atom stereocenters. The maximum Gasteiger partial charge on any atom is 0.317 e. The minimum Gasteiger partial charge on any atom is -0.481 e. The molecule has 0 aromatic heterocycles. The third-order valence-corrected chi connectivity index (χ3v) is 3.70. The summed E-state index contributed by atoms with van der Waals surface area (Å²) in [5.41, 5.74) is 0. The molecule has 3 unspecified atom stereocenters. The Morgan fingerprint density at radius 2 is 2.05 bits per heavy atom. The summed E-state index contributed by atoms with van der Waals surface area (Å²) < 4.78 is 0. The molecule has 0 aromatic carbocycles. The summed E-state index contributed by atoms with van der Waals surface area (Å²) in [7, 11) is 3.98. The number of likely N-dealkylation sites (N-methyl/N-ethyl adjacent to an activating group) is 1. The molecular weight excluding hydrogens is 246 g/mol. The highest BCUT2D eigenvalue weighted by Gasteiger charge is 2.31. The second-order valence-corrected chi connectivity index (χ2v) is 5.62. The van der Waals surface area contributed by atoms with Crippen LogP contribution < -0.4 is 5.32 Å². The molecule has 0 aliphatic carbocycles. The first kappa shape index (κ1) is 15.8. The molecule has 1 aliphatic rings. The number of rotatable bonds is 5. The highest BCUT2D eigenvalue weighted by Crippen LogP contribution is 2.18. The lowest BCUT2D eigenvalue weighted by atomic mass is 10.0. The Kier molecular flexibility index (Phi) is 5.60. The first-order valence-corrected chi connectivity index (χ1v) is 6.77. The molecule has 2 N–H and O–H groups in total. The minimum atomic E-state index is -0.890. The Morgan fingerprint density at radius 1 is 1.42 bits per heavy atom. The van der Waals surface area contributed by atoms with Gasteiger partial charge in [-0.25, -0.2) is 4.79 Å². The molecule has 19 heavy (non-hydrogen) atoms. The smallest absolute Gasteiger partial charge is 0.317 e. The summed E-state index contributed by atoms with van der Waals surface area (Å²) in [6, 6.07) is -0.294. The summed E-state index contributed by atoms with van der Waals surface area (Å²) >= 11 is 0. The van der Waals surface area contributed by atoms with Crippen LogP contribution in [0.25, 0.3) is 0 Å². The van der Waals surface area contributed by atoms with Gasteiger partial charge in [0.05, 0.1) is 5.92 Å². The summed E-state index contributed by atoms with van der Waals surface area (Å²) in [5, 5.41) is 11.7. The van der Waals surface area contributed by atoms with Gasteiger partial charge in [-0.15, -0.1) is 0 Å². The van der Waals surface area contributed by atoms with Crippen LogP contribution in [0, 0.1) is 5.92 Å². The lowest BCUT2D eigenvalue weighted by molar-refractivity contribution is -0.141. The van der Waals surface area contributed by atoms with Crippen molar-refractivity contribution < 1.29 is 14.7 Å². The number of nitrogens with zero attached hydrogens (tertiary/aromatic N) is 2. The van der Waals surface area contributed by atoms with Gasteiger partial charge in [0.2, 0.25) is 0 Å². The molecule has 0 radical (unpaired) electrons. The molecule has 0 aromatic rings. The van der Waals surface area contributed by atoms with Crippen molar-refractivity contribution in [1.29, 1.82) is 0 Å². The van der Waals surface area contributed by atoms with Crippen LogP contribution in [0.4, 0.5) is 4.79 Å². The molecule has 6 heteroatoms. The van der Waals surface area contributed by atoms with Gasteiger partial charge >= 0.3 is 12.0 Å². The van der Waals surface area contributed by atoms with E-state index in [-0.39, 0.29) is 18.1 Å². The third-order valence-electron chi connectivity index (χ3n) is 3.70. The van der Waals surface area contributed by atoms with Crippen LogP contribution in [0.5, 0.6) is 0 Å². The maximum absolute atomic E-state index is 12.2. The number of carbonyl (C=O) groups is 2. The zero-order valence-electron chi connectivity index (χ0n) is 12.2. The molecule has 0 spiro atoms. The molecule has 1 heterocycles. The second kappa shape index (κ2) is 6.75. The van der Waals surface area contributed by atoms with Gasteiger partial charge in [0.25, 0.3) is 0 Å². The van der Waals surface area contributed by atoms with Crippen molar-refractivity contribution >= 4 is 12.0 Å². The molecule has 2 amide bonds. The van der Waals surface area contributed by atoms with Crippen molar-refractivity contribution in [3.05, 3.63) is 0 Å². The molecule has 0 saturated carbocycles. The van der Waals surface area contributed by atoms with E-state index in [9.17, 15) is 9.59 Å². The Hall–Kier alpha value is -1.30. The average molecular weight is 271 g/mol. The quantitative estimate of drug-likeness (QED) is 0.777. The number of likely N-dealkylation sites (tertiary alicyclic amines) is 1. The number of urea groups is 1. The van der Waals surface area contributed by atoms with Gasteiger partial charge in [0, 0.05) is 25.2 Å². The number of aliphatic carboxylic acids is 1. The summed E-state index contributed by atoms with van der Waals surface area (Å²) in [6.45, 7) is 4.93. The number of amides is 2. The van der Waals surface area contributed by atoms with Crippen LogP contribution in [0.3, 0.4) is 0 Å². The largest absolute Gasteiger partial charge is 0.481 e. The van der Waals surface area contributed by atoms with Crippen molar-refractivity contribution in [2.24, 2.45) is 5.92 Å².